The SMILES string of the molecule is Cc1cc(Nc2cc(Nc3ccccc3Br)ncn2)no1. The van der Waals surface area contributed by atoms with Crippen LogP contribution in [-0.4, -0.2) is 15.1 Å². The fourth-order valence-electron chi connectivity index (χ4n) is 1.75. The quantitative estimate of drug-likeness (QED) is 0.743. The number of anilines is 4. The molecular formula is C14H12BrN5O. The monoisotopic (exact) mass is 345 g/mol. The van der Waals surface area contributed by atoms with E-state index in [9.17, 15) is 0 Å². The number of nitrogens with one attached hydrogen (secondary N) is 2. The maximum absolute atomic E-state index is 5.00. The minimum atomic E-state index is 0.609. The van der Waals surface area contributed by atoms with Gasteiger partial charge in [-0.1, -0.05) is 17.3 Å². The lowest BCUT2D eigenvalue weighted by molar-refractivity contribution is 0.400. The maximum Gasteiger partial charge on any atom is 0.175 e. The molecule has 0 radical (unpaired) electrons. The van der Waals surface area contributed by atoms with Crippen molar-refractivity contribution < 1.29 is 4.52 Å². The van der Waals surface area contributed by atoms with Crippen LogP contribution in [0.5, 0.6) is 0 Å². The van der Waals surface area contributed by atoms with Gasteiger partial charge in [0.25, 0.3) is 0 Å². The third kappa shape index (κ3) is 3.38. The number of hydrogen-bond acceptors (Lipinski definition) is 6. The van der Waals surface area contributed by atoms with E-state index in [4.69, 9.17) is 4.52 Å². The third-order valence-corrected chi connectivity index (χ3v) is 3.38. The molecule has 21 heavy (non-hydrogen) atoms. The van der Waals surface area contributed by atoms with Crippen LogP contribution in [0.15, 0.2) is 51.7 Å². The number of halogens is 1. The van der Waals surface area contributed by atoms with Gasteiger partial charge in [-0.25, -0.2) is 9.97 Å². The molecule has 0 bridgehead atoms. The highest BCUT2D eigenvalue weighted by atomic mass is 79.9. The van der Waals surface area contributed by atoms with Crippen LogP contribution in [0.3, 0.4) is 0 Å². The maximum atomic E-state index is 5.00. The summed E-state index contributed by atoms with van der Waals surface area (Å²) in [7, 11) is 0. The van der Waals surface area contributed by atoms with Crippen molar-refractivity contribution in [3.63, 3.8) is 0 Å². The van der Waals surface area contributed by atoms with E-state index in [2.05, 4.69) is 41.7 Å². The van der Waals surface area contributed by atoms with Crippen molar-refractivity contribution in [1.82, 2.24) is 15.1 Å². The molecule has 0 amide bonds. The molecule has 7 heteroatoms. The van der Waals surface area contributed by atoms with Gasteiger partial charge in [0.05, 0.1) is 5.69 Å². The molecule has 0 atom stereocenters. The number of para-hydroxylation sites is 1. The zero-order valence-corrected chi connectivity index (χ0v) is 12.8. The largest absolute Gasteiger partial charge is 0.360 e. The van der Waals surface area contributed by atoms with Gasteiger partial charge >= 0.3 is 0 Å². The first-order valence-corrected chi connectivity index (χ1v) is 7.04. The Kier molecular flexibility index (Phi) is 3.83. The van der Waals surface area contributed by atoms with Gasteiger partial charge in [0, 0.05) is 16.6 Å². The summed E-state index contributed by atoms with van der Waals surface area (Å²) in [6.45, 7) is 1.83. The molecule has 0 spiro atoms. The highest BCUT2D eigenvalue weighted by Crippen LogP contribution is 2.25. The number of rotatable bonds is 4. The van der Waals surface area contributed by atoms with Crippen LogP contribution in [0.25, 0.3) is 0 Å². The molecule has 0 aliphatic carbocycles. The summed E-state index contributed by atoms with van der Waals surface area (Å²) in [5.41, 5.74) is 0.930. The van der Waals surface area contributed by atoms with Crippen LogP contribution in [-0.2, 0) is 0 Å². The fraction of sp³-hybridized carbons (Fsp3) is 0.0714. The number of aromatic nitrogens is 3. The first-order valence-electron chi connectivity index (χ1n) is 6.24. The van der Waals surface area contributed by atoms with Crippen molar-refractivity contribution in [3.8, 4) is 0 Å². The van der Waals surface area contributed by atoms with E-state index in [1.807, 2.05) is 31.2 Å². The second-order valence-electron chi connectivity index (χ2n) is 4.34. The number of nitrogens with zero attached hydrogens (tertiary/aromatic N) is 3. The molecular weight excluding hydrogens is 334 g/mol. The minimum Gasteiger partial charge on any atom is -0.360 e. The zero-order chi connectivity index (χ0) is 14.7. The Morgan fingerprint density at radius 1 is 1.00 bits per heavy atom. The second kappa shape index (κ2) is 5.92. The van der Waals surface area contributed by atoms with Crippen LogP contribution in [0.2, 0.25) is 0 Å². The predicted octanol–water partition coefficient (Wildman–Crippen LogP) is 4.02. The summed E-state index contributed by atoms with van der Waals surface area (Å²) in [6, 6.07) is 11.4. The normalized spacial score (nSPS) is 10.4. The Labute approximate surface area is 129 Å². The van der Waals surface area contributed by atoms with E-state index in [0.717, 1.165) is 15.9 Å². The molecule has 2 aromatic heterocycles. The van der Waals surface area contributed by atoms with E-state index in [1.165, 1.54) is 6.33 Å². The van der Waals surface area contributed by atoms with Gasteiger partial charge in [-0.15, -0.1) is 0 Å². The van der Waals surface area contributed by atoms with E-state index in [0.29, 0.717) is 17.5 Å². The summed E-state index contributed by atoms with van der Waals surface area (Å²) in [5, 5.41) is 10.1. The van der Waals surface area contributed by atoms with Gasteiger partial charge in [-0.2, -0.15) is 0 Å². The molecule has 0 fully saturated rings. The van der Waals surface area contributed by atoms with E-state index < -0.39 is 0 Å². The van der Waals surface area contributed by atoms with Crippen molar-refractivity contribution in [2.45, 2.75) is 6.92 Å². The van der Waals surface area contributed by atoms with E-state index in [1.54, 1.807) is 12.1 Å². The van der Waals surface area contributed by atoms with E-state index >= 15 is 0 Å². The van der Waals surface area contributed by atoms with Gasteiger partial charge in [0.1, 0.15) is 23.7 Å². The first kappa shape index (κ1) is 13.6. The number of hydrogen-bond donors (Lipinski definition) is 2. The van der Waals surface area contributed by atoms with Crippen LogP contribution >= 0.6 is 15.9 Å². The molecule has 6 nitrogen and oxygen atoms in total. The number of benzene rings is 1. The van der Waals surface area contributed by atoms with Crippen LogP contribution < -0.4 is 10.6 Å². The molecule has 0 saturated heterocycles. The van der Waals surface area contributed by atoms with E-state index in [-0.39, 0.29) is 0 Å². The molecule has 1 aromatic carbocycles. The van der Waals surface area contributed by atoms with Crippen LogP contribution in [0, 0.1) is 6.92 Å². The Bertz CT molecular complexity index is 758. The van der Waals surface area contributed by atoms with Crippen molar-refractivity contribution >= 4 is 39.1 Å². The molecule has 2 heterocycles. The second-order valence-corrected chi connectivity index (χ2v) is 5.20. The fourth-order valence-corrected chi connectivity index (χ4v) is 2.14. The molecule has 3 rings (SSSR count). The number of aryl methyl sites for hydroxylation is 1. The highest BCUT2D eigenvalue weighted by Gasteiger charge is 2.05. The Hall–Kier alpha value is -2.41. The van der Waals surface area contributed by atoms with Crippen LogP contribution in [0.1, 0.15) is 5.76 Å². The Morgan fingerprint density at radius 2 is 1.76 bits per heavy atom. The smallest absolute Gasteiger partial charge is 0.175 e. The molecule has 0 unspecified atom stereocenters. The van der Waals surface area contributed by atoms with Gasteiger partial charge in [-0.3, -0.25) is 0 Å². The summed E-state index contributed by atoms with van der Waals surface area (Å²) in [4.78, 5) is 8.35. The lowest BCUT2D eigenvalue weighted by Gasteiger charge is -2.08. The topological polar surface area (TPSA) is 75.9 Å². The summed E-state index contributed by atoms with van der Waals surface area (Å²) in [5.74, 6) is 2.66. The molecule has 0 aliphatic heterocycles. The molecule has 106 valence electrons. The van der Waals surface area contributed by atoms with Gasteiger partial charge in [0.15, 0.2) is 5.82 Å². The van der Waals surface area contributed by atoms with Crippen LogP contribution in [0.4, 0.5) is 23.1 Å². The molecule has 3 aromatic rings. The predicted molar refractivity (Wildman–Crippen MR) is 84.0 cm³/mol. The minimum absolute atomic E-state index is 0.609. The highest BCUT2D eigenvalue weighted by molar-refractivity contribution is 9.10. The van der Waals surface area contributed by atoms with Gasteiger partial charge < -0.3 is 15.2 Å². The average Bonchev–Trinajstić information content (AvgIpc) is 2.87. The summed E-state index contributed by atoms with van der Waals surface area (Å²) >= 11 is 3.48. The van der Waals surface area contributed by atoms with Crippen molar-refractivity contribution in [3.05, 3.63) is 53.0 Å². The summed E-state index contributed by atoms with van der Waals surface area (Å²) < 4.78 is 5.96. The van der Waals surface area contributed by atoms with Crippen molar-refractivity contribution in [1.29, 1.82) is 0 Å². The Morgan fingerprint density at radius 3 is 2.48 bits per heavy atom. The lowest BCUT2D eigenvalue weighted by Crippen LogP contribution is -1.98. The third-order valence-electron chi connectivity index (χ3n) is 2.69. The summed E-state index contributed by atoms with van der Waals surface area (Å²) in [6.07, 6.45) is 1.48. The van der Waals surface area contributed by atoms with Crippen molar-refractivity contribution in [2.24, 2.45) is 0 Å². The molecule has 2 N–H and O–H groups in total. The molecule has 0 saturated carbocycles. The van der Waals surface area contributed by atoms with Gasteiger partial charge in [-0.05, 0) is 35.0 Å². The van der Waals surface area contributed by atoms with Gasteiger partial charge in [0.2, 0.25) is 0 Å². The molecule has 0 aliphatic rings. The Balaban J connectivity index is 1.78. The zero-order valence-electron chi connectivity index (χ0n) is 11.2. The first-order chi connectivity index (χ1) is 10.2. The average molecular weight is 346 g/mol. The van der Waals surface area contributed by atoms with Crippen molar-refractivity contribution in [2.75, 3.05) is 10.6 Å². The standard InChI is InChI=1S/C14H12BrN5O/c1-9-6-14(20-21-9)19-13-7-12(16-8-17-13)18-11-5-3-2-4-10(11)15/h2-8H,1H3,(H2,16,17,18,19,20). The lowest BCUT2D eigenvalue weighted by atomic mass is 10.3.